The van der Waals surface area contributed by atoms with Crippen molar-refractivity contribution in [2.45, 2.75) is 6.04 Å². The zero-order valence-corrected chi connectivity index (χ0v) is 15.2. The van der Waals surface area contributed by atoms with E-state index in [1.807, 2.05) is 30.1 Å². The van der Waals surface area contributed by atoms with Crippen molar-refractivity contribution in [1.82, 2.24) is 19.8 Å². The van der Waals surface area contributed by atoms with Gasteiger partial charge in [-0.15, -0.1) is 0 Å². The highest BCUT2D eigenvalue weighted by atomic mass is 16.6. The molecule has 1 fully saturated rings. The minimum absolute atomic E-state index is 0.0237. The molecule has 144 valence electrons. The van der Waals surface area contributed by atoms with Crippen molar-refractivity contribution in [2.24, 2.45) is 7.05 Å². The molecule has 0 bridgehead atoms. The number of nitro groups is 1. The van der Waals surface area contributed by atoms with E-state index in [0.717, 1.165) is 29.6 Å². The van der Waals surface area contributed by atoms with Gasteiger partial charge in [0.2, 0.25) is 12.3 Å². The van der Waals surface area contributed by atoms with E-state index >= 15 is 0 Å². The van der Waals surface area contributed by atoms with Crippen LogP contribution in [0.15, 0.2) is 42.6 Å². The first-order valence-corrected chi connectivity index (χ1v) is 8.86. The Morgan fingerprint density at radius 3 is 2.89 bits per heavy atom. The molecule has 1 unspecified atom stereocenters. The lowest BCUT2D eigenvalue weighted by Gasteiger charge is -2.33. The molecule has 1 N–H and O–H groups in total. The first kappa shape index (κ1) is 17.9. The molecule has 3 aromatic rings. The van der Waals surface area contributed by atoms with Gasteiger partial charge < -0.3 is 19.5 Å². The Kier molecular flexibility index (Phi) is 4.66. The summed E-state index contributed by atoms with van der Waals surface area (Å²) in [6.45, 7) is 2.17. The van der Waals surface area contributed by atoms with Crippen LogP contribution in [-0.2, 0) is 11.8 Å². The molecule has 4 rings (SSSR count). The van der Waals surface area contributed by atoms with Crippen LogP contribution in [-0.4, -0.2) is 45.4 Å². The second-order valence-electron chi connectivity index (χ2n) is 6.63. The van der Waals surface area contributed by atoms with Gasteiger partial charge in [0.05, 0.1) is 16.5 Å². The minimum Gasteiger partial charge on any atom is -0.439 e. The maximum absolute atomic E-state index is 11.4. The Hall–Kier alpha value is -3.46. The zero-order chi connectivity index (χ0) is 19.7. The summed E-state index contributed by atoms with van der Waals surface area (Å²) in [7, 11) is 1.96. The molecule has 2 aromatic heterocycles. The third-order valence-electron chi connectivity index (χ3n) is 4.97. The number of hydrogen-bond donors (Lipinski definition) is 1. The lowest BCUT2D eigenvalue weighted by Crippen LogP contribution is -2.45. The average molecular weight is 381 g/mol. The Balaban J connectivity index is 1.63. The number of aryl methyl sites for hydroxylation is 1. The van der Waals surface area contributed by atoms with E-state index in [9.17, 15) is 14.9 Å². The quantitative estimate of drug-likeness (QED) is 0.414. The highest BCUT2D eigenvalue weighted by Gasteiger charge is 2.25. The van der Waals surface area contributed by atoms with Crippen molar-refractivity contribution in [3.63, 3.8) is 0 Å². The Morgan fingerprint density at radius 1 is 1.32 bits per heavy atom. The van der Waals surface area contributed by atoms with Crippen LogP contribution in [0.5, 0.6) is 11.6 Å². The number of nitrogens with zero attached hydrogens (tertiary/aromatic N) is 4. The van der Waals surface area contributed by atoms with E-state index in [2.05, 4.69) is 20.9 Å². The molecule has 1 atom stereocenters. The van der Waals surface area contributed by atoms with Crippen LogP contribution in [0.1, 0.15) is 11.7 Å². The molecule has 0 aliphatic carbocycles. The molecular weight excluding hydrogens is 362 g/mol. The van der Waals surface area contributed by atoms with E-state index in [4.69, 9.17) is 4.74 Å². The van der Waals surface area contributed by atoms with Gasteiger partial charge in [0.1, 0.15) is 11.9 Å². The van der Waals surface area contributed by atoms with Gasteiger partial charge in [0.15, 0.2) is 0 Å². The summed E-state index contributed by atoms with van der Waals surface area (Å²) in [5, 5.41) is 15.1. The lowest BCUT2D eigenvalue weighted by molar-refractivity contribution is -0.385. The van der Waals surface area contributed by atoms with E-state index in [1.54, 1.807) is 0 Å². The van der Waals surface area contributed by atoms with Crippen LogP contribution in [0.25, 0.3) is 10.9 Å². The van der Waals surface area contributed by atoms with Crippen molar-refractivity contribution < 1.29 is 14.5 Å². The summed E-state index contributed by atoms with van der Waals surface area (Å²) < 4.78 is 7.80. The van der Waals surface area contributed by atoms with Crippen LogP contribution >= 0.6 is 0 Å². The number of nitrogens with one attached hydrogen (secondary N) is 1. The fourth-order valence-corrected chi connectivity index (χ4v) is 3.50. The maximum atomic E-state index is 11.4. The molecule has 1 aliphatic rings. The second kappa shape index (κ2) is 7.28. The SMILES string of the molecule is Cn1c(C2CNCCN2C=O)cc2ccc(Oc3ccc([N+](=O)[O-])cn3)cc21. The number of rotatable bonds is 5. The number of pyridine rings is 1. The first-order valence-electron chi connectivity index (χ1n) is 8.86. The van der Waals surface area contributed by atoms with Crippen LogP contribution in [0.2, 0.25) is 0 Å². The largest absolute Gasteiger partial charge is 0.439 e. The van der Waals surface area contributed by atoms with Gasteiger partial charge in [0.25, 0.3) is 5.69 Å². The van der Waals surface area contributed by atoms with Crippen LogP contribution < -0.4 is 10.1 Å². The zero-order valence-electron chi connectivity index (χ0n) is 15.2. The highest BCUT2D eigenvalue weighted by Crippen LogP contribution is 2.31. The molecule has 0 spiro atoms. The summed E-state index contributed by atoms with van der Waals surface area (Å²) in [5.41, 5.74) is 1.92. The molecule has 1 aliphatic heterocycles. The highest BCUT2D eigenvalue weighted by molar-refractivity contribution is 5.83. The van der Waals surface area contributed by atoms with E-state index in [1.165, 1.54) is 18.3 Å². The van der Waals surface area contributed by atoms with E-state index < -0.39 is 4.92 Å². The standard InChI is InChI=1S/C19H19N5O4/c1-22-16-9-15(28-19-5-3-14(10-21-19)24(26)27)4-2-13(16)8-17(22)18-11-20-6-7-23(18)12-25/h2-5,8-10,12,18,20H,6-7,11H2,1H3. The van der Waals surface area contributed by atoms with Gasteiger partial charge in [0, 0.05) is 56.0 Å². The third kappa shape index (κ3) is 3.27. The van der Waals surface area contributed by atoms with E-state index in [0.29, 0.717) is 18.8 Å². The van der Waals surface area contributed by atoms with Gasteiger partial charge in [-0.1, -0.05) is 0 Å². The van der Waals surface area contributed by atoms with Crippen LogP contribution in [0.4, 0.5) is 5.69 Å². The van der Waals surface area contributed by atoms with Crippen molar-refractivity contribution in [3.05, 3.63) is 58.4 Å². The fourth-order valence-electron chi connectivity index (χ4n) is 3.50. The molecule has 1 saturated heterocycles. The summed E-state index contributed by atoms with van der Waals surface area (Å²) in [5.74, 6) is 0.860. The molecule has 9 nitrogen and oxygen atoms in total. The van der Waals surface area contributed by atoms with Gasteiger partial charge >= 0.3 is 0 Å². The van der Waals surface area contributed by atoms with Gasteiger partial charge in [-0.05, 0) is 18.2 Å². The predicted octanol–water partition coefficient (Wildman–Crippen LogP) is 2.38. The summed E-state index contributed by atoms with van der Waals surface area (Å²) >= 11 is 0. The molecule has 0 saturated carbocycles. The normalized spacial score (nSPS) is 16.9. The lowest BCUT2D eigenvalue weighted by atomic mass is 10.1. The molecular formula is C19H19N5O4. The number of benzene rings is 1. The number of amides is 1. The molecule has 1 amide bonds. The number of hydrogen-bond acceptors (Lipinski definition) is 6. The van der Waals surface area contributed by atoms with Gasteiger partial charge in [-0.2, -0.15) is 0 Å². The molecule has 9 heteroatoms. The molecule has 28 heavy (non-hydrogen) atoms. The Morgan fingerprint density at radius 2 is 2.18 bits per heavy atom. The third-order valence-corrected chi connectivity index (χ3v) is 4.97. The van der Waals surface area contributed by atoms with Gasteiger partial charge in [-0.25, -0.2) is 4.98 Å². The summed E-state index contributed by atoms with van der Waals surface area (Å²) in [6, 6.07) is 10.5. The number of piperazine rings is 1. The van der Waals surface area contributed by atoms with Crippen molar-refractivity contribution in [3.8, 4) is 11.6 Å². The first-order chi connectivity index (χ1) is 13.6. The smallest absolute Gasteiger partial charge is 0.287 e. The van der Waals surface area contributed by atoms with Gasteiger partial charge in [-0.3, -0.25) is 14.9 Å². The molecule has 1 aromatic carbocycles. The number of carbonyl (C=O) groups is 1. The Bertz CT molecular complexity index is 1030. The predicted molar refractivity (Wildman–Crippen MR) is 102 cm³/mol. The maximum Gasteiger partial charge on any atom is 0.287 e. The Labute approximate surface area is 160 Å². The van der Waals surface area contributed by atoms with Crippen molar-refractivity contribution >= 4 is 23.0 Å². The summed E-state index contributed by atoms with van der Waals surface area (Å²) in [6.07, 6.45) is 2.07. The second-order valence-corrected chi connectivity index (χ2v) is 6.63. The fraction of sp³-hybridized carbons (Fsp3) is 0.263. The number of aromatic nitrogens is 2. The minimum atomic E-state index is -0.503. The van der Waals surface area contributed by atoms with Crippen molar-refractivity contribution in [1.29, 1.82) is 0 Å². The molecule has 3 heterocycles. The average Bonchev–Trinajstić information content (AvgIpc) is 3.04. The molecule has 0 radical (unpaired) electrons. The topological polar surface area (TPSA) is 103 Å². The summed E-state index contributed by atoms with van der Waals surface area (Å²) in [4.78, 5) is 27.4. The van der Waals surface area contributed by atoms with Crippen LogP contribution in [0, 0.1) is 10.1 Å². The monoisotopic (exact) mass is 381 g/mol. The number of fused-ring (bicyclic) bond motifs is 1. The van der Waals surface area contributed by atoms with Crippen molar-refractivity contribution in [2.75, 3.05) is 19.6 Å². The van der Waals surface area contributed by atoms with Crippen LogP contribution in [0.3, 0.4) is 0 Å². The number of ether oxygens (including phenoxy) is 1. The number of carbonyl (C=O) groups excluding carboxylic acids is 1. The van der Waals surface area contributed by atoms with E-state index in [-0.39, 0.29) is 17.6 Å².